The van der Waals surface area contributed by atoms with Crippen molar-refractivity contribution in [2.24, 2.45) is 0 Å². The topological polar surface area (TPSA) is 117 Å². The highest BCUT2D eigenvalue weighted by atomic mass is 16.7. The highest BCUT2D eigenvalue weighted by Crippen LogP contribution is 2.29. The minimum absolute atomic E-state index is 0.0803. The first kappa shape index (κ1) is 27.4. The number of esters is 1. The second-order valence-electron chi connectivity index (χ2n) is 10.4. The molecule has 0 radical (unpaired) electrons. The van der Waals surface area contributed by atoms with Crippen LogP contribution in [0.3, 0.4) is 0 Å². The number of hydrogen-bond acceptors (Lipinski definition) is 7. The Balaban J connectivity index is 1.30. The summed E-state index contributed by atoms with van der Waals surface area (Å²) in [4.78, 5) is 52.1. The maximum Gasteiger partial charge on any atom is 0.310 e. The molecule has 2 aromatic carbocycles. The van der Waals surface area contributed by atoms with Gasteiger partial charge in [0.2, 0.25) is 12.2 Å². The smallest absolute Gasteiger partial charge is 0.310 e. The molecule has 40 heavy (non-hydrogen) atoms. The van der Waals surface area contributed by atoms with E-state index in [2.05, 4.69) is 17.2 Å². The number of nitrogens with one attached hydrogen (secondary N) is 2. The van der Waals surface area contributed by atoms with Gasteiger partial charge in [0.05, 0.1) is 25.1 Å². The molecule has 5 rings (SSSR count). The van der Waals surface area contributed by atoms with Crippen LogP contribution in [0, 0.1) is 6.92 Å². The summed E-state index contributed by atoms with van der Waals surface area (Å²) in [6.45, 7) is 6.70. The van der Waals surface area contributed by atoms with Crippen LogP contribution in [0.2, 0.25) is 0 Å². The Morgan fingerprint density at radius 1 is 1.05 bits per heavy atom. The molecular weight excluding hydrogens is 512 g/mol. The van der Waals surface area contributed by atoms with E-state index in [0.717, 1.165) is 11.1 Å². The van der Waals surface area contributed by atoms with E-state index in [4.69, 9.17) is 9.47 Å². The summed E-state index contributed by atoms with van der Waals surface area (Å²) >= 11 is 0. The standard InChI is InChI=1S/C30H34N4O6/c1-19-9-6-7-12-22(19)28(37)32-23-14-15-26(35)33-16-8-13-25(34(33)29(23)38)20(2)31-24-17-27(36)40-30(24)39-18-21-10-4-3-5-11-21/h3-7,9-12,23-25,30-31H,2,8,13-18H2,1H3,(H,32,37)/t23-,24-,25-,30?/m0/s1. The van der Waals surface area contributed by atoms with E-state index in [1.165, 1.54) is 10.0 Å². The molecule has 0 saturated carbocycles. The first-order chi connectivity index (χ1) is 19.3. The third-order valence-electron chi connectivity index (χ3n) is 7.55. The molecule has 0 spiro atoms. The Bertz CT molecular complexity index is 1300. The Hall–Kier alpha value is -4.18. The fraction of sp³-hybridized carbons (Fsp3) is 0.400. The van der Waals surface area contributed by atoms with Gasteiger partial charge in [0.1, 0.15) is 6.04 Å². The van der Waals surface area contributed by atoms with Crippen molar-refractivity contribution in [3.8, 4) is 0 Å². The van der Waals surface area contributed by atoms with Gasteiger partial charge >= 0.3 is 5.97 Å². The minimum Gasteiger partial charge on any atom is -0.433 e. The lowest BCUT2D eigenvalue weighted by molar-refractivity contribution is -0.171. The molecule has 10 heteroatoms. The molecular formula is C30H34N4O6. The SMILES string of the molecule is C=C(N[C@H]1CC(=O)OC1OCc1ccccc1)[C@@H]1CCCN2C(=O)CC[C@H](NC(=O)c3ccccc3C)C(=O)N12. The summed E-state index contributed by atoms with van der Waals surface area (Å²) in [7, 11) is 0. The normalized spacial score (nSPS) is 24.7. The molecule has 1 unspecified atom stereocenters. The molecule has 0 aliphatic carbocycles. The van der Waals surface area contributed by atoms with E-state index in [-0.39, 0.29) is 43.6 Å². The van der Waals surface area contributed by atoms with Crippen LogP contribution in [-0.2, 0) is 30.5 Å². The van der Waals surface area contributed by atoms with Gasteiger partial charge in [0.25, 0.3) is 11.8 Å². The molecule has 210 valence electrons. The minimum atomic E-state index is -0.868. The van der Waals surface area contributed by atoms with Crippen molar-refractivity contribution < 1.29 is 28.7 Å². The zero-order valence-electron chi connectivity index (χ0n) is 22.5. The van der Waals surface area contributed by atoms with E-state index >= 15 is 0 Å². The molecule has 0 bridgehead atoms. The van der Waals surface area contributed by atoms with E-state index in [1.807, 2.05) is 49.4 Å². The number of hydrogen-bond donors (Lipinski definition) is 2. The van der Waals surface area contributed by atoms with Gasteiger partial charge in [0, 0.05) is 24.2 Å². The Kier molecular flexibility index (Phi) is 8.16. The van der Waals surface area contributed by atoms with Crippen molar-refractivity contribution >= 4 is 23.7 Å². The number of carbonyl (C=O) groups is 4. The number of cyclic esters (lactones) is 1. The van der Waals surface area contributed by atoms with Crippen LogP contribution in [0.1, 0.15) is 53.6 Å². The number of amides is 3. The molecule has 3 amide bonds. The van der Waals surface area contributed by atoms with Gasteiger partial charge in [-0.1, -0.05) is 55.1 Å². The Labute approximate surface area is 233 Å². The number of nitrogens with zero attached hydrogens (tertiary/aromatic N) is 2. The average Bonchev–Trinajstić information content (AvgIpc) is 3.26. The summed E-state index contributed by atoms with van der Waals surface area (Å²) in [6.07, 6.45) is 0.832. The van der Waals surface area contributed by atoms with Gasteiger partial charge in [-0.05, 0) is 43.4 Å². The van der Waals surface area contributed by atoms with Crippen LogP contribution in [0.15, 0.2) is 66.9 Å². The first-order valence-corrected chi connectivity index (χ1v) is 13.6. The number of rotatable bonds is 8. The molecule has 2 aromatic rings. The predicted octanol–water partition coefficient (Wildman–Crippen LogP) is 2.58. The summed E-state index contributed by atoms with van der Waals surface area (Å²) < 4.78 is 11.3. The van der Waals surface area contributed by atoms with Gasteiger partial charge in [-0.15, -0.1) is 0 Å². The van der Waals surface area contributed by atoms with Crippen LogP contribution >= 0.6 is 0 Å². The second-order valence-corrected chi connectivity index (χ2v) is 10.4. The van der Waals surface area contributed by atoms with Crippen molar-refractivity contribution in [3.63, 3.8) is 0 Å². The van der Waals surface area contributed by atoms with Gasteiger partial charge in [-0.2, -0.15) is 0 Å². The van der Waals surface area contributed by atoms with Crippen molar-refractivity contribution in [3.05, 3.63) is 83.6 Å². The van der Waals surface area contributed by atoms with Crippen LogP contribution in [0.4, 0.5) is 0 Å². The fourth-order valence-corrected chi connectivity index (χ4v) is 5.44. The van der Waals surface area contributed by atoms with Gasteiger partial charge in [-0.3, -0.25) is 24.2 Å². The summed E-state index contributed by atoms with van der Waals surface area (Å²) in [5.74, 6) is -1.30. The first-order valence-electron chi connectivity index (χ1n) is 13.6. The van der Waals surface area contributed by atoms with E-state index < -0.39 is 30.4 Å². The van der Waals surface area contributed by atoms with Crippen LogP contribution in [0.5, 0.6) is 0 Å². The molecule has 3 aliphatic rings. The number of hydrazine groups is 1. The summed E-state index contributed by atoms with van der Waals surface area (Å²) in [5.41, 5.74) is 2.70. The van der Waals surface area contributed by atoms with E-state index in [0.29, 0.717) is 30.6 Å². The Morgan fingerprint density at radius 3 is 2.58 bits per heavy atom. The lowest BCUT2D eigenvalue weighted by Crippen LogP contribution is -2.62. The number of ether oxygens (including phenoxy) is 2. The molecule has 3 fully saturated rings. The van der Waals surface area contributed by atoms with Crippen molar-refractivity contribution in [2.75, 3.05) is 6.54 Å². The summed E-state index contributed by atoms with van der Waals surface area (Å²) in [6, 6.07) is 14.8. The molecule has 3 heterocycles. The van der Waals surface area contributed by atoms with Crippen LogP contribution < -0.4 is 10.6 Å². The number of aryl methyl sites for hydroxylation is 1. The maximum atomic E-state index is 13.8. The molecule has 4 atom stereocenters. The van der Waals surface area contributed by atoms with Crippen molar-refractivity contribution in [1.82, 2.24) is 20.7 Å². The predicted molar refractivity (Wildman–Crippen MR) is 145 cm³/mol. The lowest BCUT2D eigenvalue weighted by atomic mass is 10.0. The largest absolute Gasteiger partial charge is 0.433 e. The van der Waals surface area contributed by atoms with E-state index in [1.54, 1.807) is 12.1 Å². The zero-order valence-corrected chi connectivity index (χ0v) is 22.5. The third-order valence-corrected chi connectivity index (χ3v) is 7.55. The third kappa shape index (κ3) is 5.86. The second kappa shape index (κ2) is 11.9. The number of fused-ring (bicyclic) bond motifs is 1. The highest BCUT2D eigenvalue weighted by Gasteiger charge is 2.44. The molecule has 3 saturated heterocycles. The quantitative estimate of drug-likeness (QED) is 0.489. The van der Waals surface area contributed by atoms with E-state index in [9.17, 15) is 19.2 Å². The van der Waals surface area contributed by atoms with Gasteiger partial charge in [0.15, 0.2) is 0 Å². The van der Waals surface area contributed by atoms with Crippen molar-refractivity contribution in [1.29, 1.82) is 0 Å². The number of carbonyl (C=O) groups excluding carboxylic acids is 4. The lowest BCUT2D eigenvalue weighted by Gasteiger charge is -2.45. The van der Waals surface area contributed by atoms with Crippen LogP contribution in [0.25, 0.3) is 0 Å². The zero-order chi connectivity index (χ0) is 28.2. The molecule has 10 nitrogen and oxygen atoms in total. The molecule has 0 aromatic heterocycles. The monoisotopic (exact) mass is 546 g/mol. The highest BCUT2D eigenvalue weighted by molar-refractivity contribution is 5.99. The fourth-order valence-electron chi connectivity index (χ4n) is 5.44. The van der Waals surface area contributed by atoms with Crippen molar-refractivity contribution in [2.45, 2.75) is 70.1 Å². The van der Waals surface area contributed by atoms with Crippen LogP contribution in [-0.4, -0.2) is 64.7 Å². The molecule has 2 N–H and O–H groups in total. The van der Waals surface area contributed by atoms with Gasteiger partial charge in [-0.25, -0.2) is 5.01 Å². The maximum absolute atomic E-state index is 13.8. The summed E-state index contributed by atoms with van der Waals surface area (Å²) in [5, 5.41) is 9.03. The molecule has 3 aliphatic heterocycles. The Morgan fingerprint density at radius 2 is 1.80 bits per heavy atom. The number of benzene rings is 2. The van der Waals surface area contributed by atoms with Gasteiger partial charge < -0.3 is 20.1 Å². The average molecular weight is 547 g/mol.